The van der Waals surface area contributed by atoms with Gasteiger partial charge in [0.05, 0.1) is 12.6 Å². The van der Waals surface area contributed by atoms with E-state index in [1.54, 1.807) is 0 Å². The van der Waals surface area contributed by atoms with Crippen LogP contribution in [0, 0.1) is 6.92 Å². The molecule has 0 aliphatic carbocycles. The van der Waals surface area contributed by atoms with Gasteiger partial charge < -0.3 is 15.2 Å². The summed E-state index contributed by atoms with van der Waals surface area (Å²) in [5.41, 5.74) is 1.64. The molecule has 2 unspecified atom stereocenters. The number of aliphatic hydroxyl groups excluding tert-OH is 1. The van der Waals surface area contributed by atoms with Gasteiger partial charge in [0.2, 0.25) is 5.78 Å². The lowest BCUT2D eigenvalue weighted by Crippen LogP contribution is -2.42. The maximum Gasteiger partial charge on any atom is 0.287 e. The molecule has 1 aliphatic rings. The molecular formula is C14H17NO4. The van der Waals surface area contributed by atoms with Crippen molar-refractivity contribution >= 4 is 11.7 Å². The molecule has 1 aromatic carbocycles. The minimum Gasteiger partial charge on any atom is -0.493 e. The Morgan fingerprint density at radius 1 is 1.42 bits per heavy atom. The van der Waals surface area contributed by atoms with Gasteiger partial charge in [-0.05, 0) is 19.1 Å². The van der Waals surface area contributed by atoms with Gasteiger partial charge in [-0.1, -0.05) is 11.6 Å². The minimum absolute atomic E-state index is 0.385. The number of Topliss-reactive ketones (excluding diaryl/α,β-unsaturated/α-hetero) is 1. The van der Waals surface area contributed by atoms with Crippen molar-refractivity contribution in [3.8, 4) is 5.75 Å². The van der Waals surface area contributed by atoms with Gasteiger partial charge in [0, 0.05) is 18.9 Å². The highest BCUT2D eigenvalue weighted by Crippen LogP contribution is 2.32. The molecule has 0 radical (unpaired) electrons. The predicted octanol–water partition coefficient (Wildman–Crippen LogP) is 0.885. The maximum absolute atomic E-state index is 11.4. The number of aliphatic hydroxyl groups is 1. The number of benzene rings is 1. The SMILES string of the molecule is CC(=O)C(=O)NC1CCOc2ccc(C)cc2C1O. The average molecular weight is 263 g/mol. The van der Waals surface area contributed by atoms with Gasteiger partial charge in [-0.15, -0.1) is 0 Å². The fourth-order valence-electron chi connectivity index (χ4n) is 2.12. The van der Waals surface area contributed by atoms with Crippen LogP contribution in [0.5, 0.6) is 5.75 Å². The number of rotatable bonds is 2. The van der Waals surface area contributed by atoms with Crippen LogP contribution < -0.4 is 10.1 Å². The molecule has 0 spiro atoms. The molecule has 0 saturated carbocycles. The number of nitrogens with one attached hydrogen (secondary N) is 1. The lowest BCUT2D eigenvalue weighted by molar-refractivity contribution is -0.137. The standard InChI is InChI=1S/C14H17NO4/c1-8-3-4-12-10(7-8)13(17)11(5-6-19-12)15-14(18)9(2)16/h3-4,7,11,13,17H,5-6H2,1-2H3,(H,15,18). The lowest BCUT2D eigenvalue weighted by Gasteiger charge is -2.21. The smallest absolute Gasteiger partial charge is 0.287 e. The predicted molar refractivity (Wildman–Crippen MR) is 68.9 cm³/mol. The molecule has 0 fully saturated rings. The number of hydrogen-bond donors (Lipinski definition) is 2. The maximum atomic E-state index is 11.4. The van der Waals surface area contributed by atoms with Crippen LogP contribution in [-0.2, 0) is 9.59 Å². The zero-order valence-corrected chi connectivity index (χ0v) is 11.0. The minimum atomic E-state index is -0.874. The van der Waals surface area contributed by atoms with E-state index in [9.17, 15) is 14.7 Å². The van der Waals surface area contributed by atoms with E-state index >= 15 is 0 Å². The summed E-state index contributed by atoms with van der Waals surface area (Å²) in [6, 6.07) is 5.03. The molecule has 0 bridgehead atoms. The molecule has 5 nitrogen and oxygen atoms in total. The number of ketones is 1. The normalized spacial score (nSPS) is 21.8. The van der Waals surface area contributed by atoms with E-state index in [-0.39, 0.29) is 0 Å². The molecule has 1 amide bonds. The largest absolute Gasteiger partial charge is 0.493 e. The van der Waals surface area contributed by atoms with Crippen molar-refractivity contribution in [3.05, 3.63) is 29.3 Å². The Labute approximate surface area is 111 Å². The average Bonchev–Trinajstić information content (AvgIpc) is 2.51. The van der Waals surface area contributed by atoms with Crippen molar-refractivity contribution in [1.29, 1.82) is 0 Å². The van der Waals surface area contributed by atoms with Crippen LogP contribution in [-0.4, -0.2) is 29.4 Å². The Morgan fingerprint density at radius 3 is 2.84 bits per heavy atom. The molecule has 0 aromatic heterocycles. The van der Waals surface area contributed by atoms with Crippen LogP contribution in [0.15, 0.2) is 18.2 Å². The van der Waals surface area contributed by atoms with Crippen LogP contribution in [0.4, 0.5) is 0 Å². The molecule has 102 valence electrons. The molecule has 2 atom stereocenters. The van der Waals surface area contributed by atoms with Crippen LogP contribution in [0.3, 0.4) is 0 Å². The summed E-state index contributed by atoms with van der Waals surface area (Å²) in [5, 5.41) is 12.9. The molecule has 1 heterocycles. The summed E-state index contributed by atoms with van der Waals surface area (Å²) in [7, 11) is 0. The molecular weight excluding hydrogens is 246 g/mol. The van der Waals surface area contributed by atoms with Crippen LogP contribution in [0.2, 0.25) is 0 Å². The Balaban J connectivity index is 2.25. The van der Waals surface area contributed by atoms with Crippen LogP contribution in [0.25, 0.3) is 0 Å². The van der Waals surface area contributed by atoms with E-state index in [1.807, 2.05) is 25.1 Å². The van der Waals surface area contributed by atoms with Gasteiger partial charge in [0.15, 0.2) is 0 Å². The van der Waals surface area contributed by atoms with Gasteiger partial charge >= 0.3 is 0 Å². The molecule has 1 aromatic rings. The fraction of sp³-hybridized carbons (Fsp3) is 0.429. The first-order chi connectivity index (χ1) is 8.99. The summed E-state index contributed by atoms with van der Waals surface area (Å²) >= 11 is 0. The second-order valence-corrected chi connectivity index (χ2v) is 4.76. The van der Waals surface area contributed by atoms with Gasteiger partial charge in [0.25, 0.3) is 5.91 Å². The Hall–Kier alpha value is -1.88. The number of carbonyl (C=O) groups excluding carboxylic acids is 2. The van der Waals surface area contributed by atoms with Gasteiger partial charge in [-0.2, -0.15) is 0 Å². The van der Waals surface area contributed by atoms with Crippen LogP contribution in [0.1, 0.15) is 30.6 Å². The summed E-state index contributed by atoms with van der Waals surface area (Å²) in [6.07, 6.45) is -0.422. The first kappa shape index (κ1) is 13.5. The highest BCUT2D eigenvalue weighted by molar-refractivity contribution is 6.35. The number of fused-ring (bicyclic) bond motifs is 1. The third-order valence-electron chi connectivity index (χ3n) is 3.19. The Kier molecular flexibility index (Phi) is 3.85. The highest BCUT2D eigenvalue weighted by atomic mass is 16.5. The number of hydrogen-bond acceptors (Lipinski definition) is 4. The third-order valence-corrected chi connectivity index (χ3v) is 3.19. The van der Waals surface area contributed by atoms with Crippen LogP contribution >= 0.6 is 0 Å². The molecule has 5 heteroatoms. The number of ether oxygens (including phenoxy) is 1. The molecule has 1 aliphatic heterocycles. The summed E-state index contributed by atoms with van der Waals surface area (Å²) in [4.78, 5) is 22.4. The second kappa shape index (κ2) is 5.40. The quantitative estimate of drug-likeness (QED) is 0.777. The summed E-state index contributed by atoms with van der Waals surface area (Å²) < 4.78 is 5.55. The fourth-order valence-corrected chi connectivity index (χ4v) is 2.12. The van der Waals surface area contributed by atoms with Crippen molar-refractivity contribution in [2.45, 2.75) is 32.4 Å². The molecule has 0 saturated heterocycles. The number of carbonyl (C=O) groups is 2. The Bertz CT molecular complexity index is 512. The van der Waals surface area contributed by atoms with Crippen molar-refractivity contribution < 1.29 is 19.4 Å². The van der Waals surface area contributed by atoms with E-state index < -0.39 is 23.8 Å². The molecule has 2 N–H and O–H groups in total. The number of aryl methyl sites for hydroxylation is 1. The molecule has 2 rings (SSSR count). The van der Waals surface area contributed by atoms with E-state index in [0.717, 1.165) is 5.56 Å². The first-order valence-electron chi connectivity index (χ1n) is 6.22. The van der Waals surface area contributed by atoms with Crippen molar-refractivity contribution in [2.75, 3.05) is 6.61 Å². The van der Waals surface area contributed by atoms with Gasteiger partial charge in [-0.25, -0.2) is 0 Å². The summed E-state index contributed by atoms with van der Waals surface area (Å²) in [5.74, 6) is -0.625. The van der Waals surface area contributed by atoms with E-state index in [1.165, 1.54) is 6.92 Å². The first-order valence-corrected chi connectivity index (χ1v) is 6.22. The zero-order chi connectivity index (χ0) is 14.0. The van der Waals surface area contributed by atoms with Gasteiger partial charge in [-0.3, -0.25) is 9.59 Å². The van der Waals surface area contributed by atoms with Crippen molar-refractivity contribution in [1.82, 2.24) is 5.32 Å². The topological polar surface area (TPSA) is 75.6 Å². The van der Waals surface area contributed by atoms with E-state index in [0.29, 0.717) is 24.3 Å². The van der Waals surface area contributed by atoms with Gasteiger partial charge in [0.1, 0.15) is 11.9 Å². The monoisotopic (exact) mass is 263 g/mol. The van der Waals surface area contributed by atoms with Crippen molar-refractivity contribution in [2.24, 2.45) is 0 Å². The molecule has 19 heavy (non-hydrogen) atoms. The van der Waals surface area contributed by atoms with E-state index in [4.69, 9.17) is 4.74 Å². The third kappa shape index (κ3) is 2.93. The zero-order valence-electron chi connectivity index (χ0n) is 11.0. The highest BCUT2D eigenvalue weighted by Gasteiger charge is 2.29. The number of amides is 1. The Morgan fingerprint density at radius 2 is 2.16 bits per heavy atom. The van der Waals surface area contributed by atoms with E-state index in [2.05, 4.69) is 5.32 Å². The summed E-state index contributed by atoms with van der Waals surface area (Å²) in [6.45, 7) is 3.50. The lowest BCUT2D eigenvalue weighted by atomic mass is 9.98. The van der Waals surface area contributed by atoms with Crippen molar-refractivity contribution in [3.63, 3.8) is 0 Å². The second-order valence-electron chi connectivity index (χ2n) is 4.76.